The highest BCUT2D eigenvalue weighted by atomic mass is 16.5. The zero-order chi connectivity index (χ0) is 23.5. The lowest BCUT2D eigenvalue weighted by Gasteiger charge is -2.10. The molecule has 2 aromatic carbocycles. The van der Waals surface area contributed by atoms with Gasteiger partial charge >= 0.3 is 6.03 Å². The Labute approximate surface area is 193 Å². The van der Waals surface area contributed by atoms with E-state index in [1.54, 1.807) is 25.4 Å². The predicted molar refractivity (Wildman–Crippen MR) is 127 cm³/mol. The first-order valence-electron chi connectivity index (χ1n) is 10.6. The Bertz CT molecular complexity index is 1050. The lowest BCUT2D eigenvalue weighted by atomic mass is 10.2. The Balaban J connectivity index is 1.37. The summed E-state index contributed by atoms with van der Waals surface area (Å²) in [6.45, 7) is 3.01. The Hall–Kier alpha value is -3.91. The summed E-state index contributed by atoms with van der Waals surface area (Å²) in [4.78, 5) is 28.2. The van der Waals surface area contributed by atoms with Crippen molar-refractivity contribution in [2.75, 3.05) is 24.3 Å². The summed E-state index contributed by atoms with van der Waals surface area (Å²) < 4.78 is 10.9. The zero-order valence-electron chi connectivity index (χ0n) is 18.8. The van der Waals surface area contributed by atoms with Crippen molar-refractivity contribution in [2.45, 2.75) is 26.6 Å². The fourth-order valence-corrected chi connectivity index (χ4v) is 2.96. The molecule has 3 N–H and O–H groups in total. The van der Waals surface area contributed by atoms with Gasteiger partial charge in [0, 0.05) is 24.8 Å². The number of rotatable bonds is 10. The smallest absolute Gasteiger partial charge is 0.319 e. The summed E-state index contributed by atoms with van der Waals surface area (Å²) in [7, 11) is 1.63. The molecule has 0 spiro atoms. The number of methoxy groups -OCH3 is 1. The van der Waals surface area contributed by atoms with Crippen LogP contribution in [0.15, 0.2) is 66.9 Å². The van der Waals surface area contributed by atoms with Gasteiger partial charge in [0.15, 0.2) is 0 Å². The first-order chi connectivity index (χ1) is 16.0. The van der Waals surface area contributed by atoms with E-state index in [2.05, 4.69) is 20.9 Å². The molecule has 3 amide bonds. The molecule has 8 nitrogen and oxygen atoms in total. The van der Waals surface area contributed by atoms with E-state index in [1.807, 2.05) is 55.5 Å². The molecular formula is C25H28N4O4. The molecule has 1 aromatic heterocycles. The van der Waals surface area contributed by atoms with Crippen LogP contribution in [0.2, 0.25) is 0 Å². The van der Waals surface area contributed by atoms with Crippen molar-refractivity contribution in [3.8, 4) is 5.75 Å². The summed E-state index contributed by atoms with van der Waals surface area (Å²) in [6, 6.07) is 18.4. The van der Waals surface area contributed by atoms with E-state index in [0.29, 0.717) is 24.7 Å². The number of hydrogen-bond donors (Lipinski definition) is 3. The summed E-state index contributed by atoms with van der Waals surface area (Å²) >= 11 is 0. The van der Waals surface area contributed by atoms with Gasteiger partial charge in [0.1, 0.15) is 11.6 Å². The van der Waals surface area contributed by atoms with E-state index in [1.165, 1.54) is 0 Å². The van der Waals surface area contributed by atoms with Crippen molar-refractivity contribution in [3.05, 3.63) is 83.6 Å². The molecule has 0 fully saturated rings. The molecule has 0 aliphatic heterocycles. The first kappa shape index (κ1) is 23.7. The van der Waals surface area contributed by atoms with Gasteiger partial charge < -0.3 is 25.4 Å². The maximum Gasteiger partial charge on any atom is 0.319 e. The molecule has 0 saturated carbocycles. The summed E-state index contributed by atoms with van der Waals surface area (Å²) in [6.07, 6.45) is 1.82. The number of pyridine rings is 1. The molecule has 0 aliphatic rings. The molecule has 33 heavy (non-hydrogen) atoms. The van der Waals surface area contributed by atoms with Gasteiger partial charge in [0.2, 0.25) is 5.91 Å². The highest BCUT2D eigenvalue weighted by Gasteiger charge is 2.06. The van der Waals surface area contributed by atoms with Crippen LogP contribution >= 0.6 is 0 Å². The van der Waals surface area contributed by atoms with Crippen molar-refractivity contribution >= 4 is 23.4 Å². The van der Waals surface area contributed by atoms with Crippen molar-refractivity contribution in [1.82, 2.24) is 10.3 Å². The maximum absolute atomic E-state index is 12.1. The number of ether oxygens (including phenoxy) is 2. The van der Waals surface area contributed by atoms with Crippen LogP contribution in [0.4, 0.5) is 16.3 Å². The van der Waals surface area contributed by atoms with E-state index in [0.717, 1.165) is 22.4 Å². The number of benzene rings is 2. The number of nitrogens with zero attached hydrogens (tertiary/aromatic N) is 1. The second-order valence-corrected chi connectivity index (χ2v) is 7.44. The third-order valence-corrected chi connectivity index (χ3v) is 4.70. The van der Waals surface area contributed by atoms with Gasteiger partial charge in [-0.25, -0.2) is 9.78 Å². The molecule has 0 bridgehead atoms. The van der Waals surface area contributed by atoms with Crippen LogP contribution in [0.5, 0.6) is 5.75 Å². The normalized spacial score (nSPS) is 10.4. The molecular weight excluding hydrogens is 420 g/mol. The van der Waals surface area contributed by atoms with Crippen molar-refractivity contribution < 1.29 is 19.1 Å². The van der Waals surface area contributed by atoms with E-state index in [9.17, 15) is 9.59 Å². The minimum absolute atomic E-state index is 0.141. The fraction of sp³-hybridized carbons (Fsp3) is 0.240. The molecule has 0 unspecified atom stereocenters. The predicted octanol–water partition coefficient (Wildman–Crippen LogP) is 4.27. The lowest BCUT2D eigenvalue weighted by molar-refractivity contribution is -0.116. The largest absolute Gasteiger partial charge is 0.497 e. The first-order valence-corrected chi connectivity index (χ1v) is 10.6. The standard InChI is InChI=1S/C25H28N4O4/c1-18-6-11-23(27-15-18)29-24(30)12-13-26-25(31)28-21-5-3-4-20(14-21)17-33-16-19-7-9-22(32-2)10-8-19/h3-11,14-15H,12-13,16-17H2,1-2H3,(H2,26,28,31)(H,27,29,30). The summed E-state index contributed by atoms with van der Waals surface area (Å²) in [5, 5.41) is 8.14. The molecule has 172 valence electrons. The Kier molecular flexibility index (Phi) is 8.79. The van der Waals surface area contributed by atoms with Crippen molar-refractivity contribution in [3.63, 3.8) is 0 Å². The highest BCUT2D eigenvalue weighted by Crippen LogP contribution is 2.15. The average Bonchev–Trinajstić information content (AvgIpc) is 2.81. The van der Waals surface area contributed by atoms with Gasteiger partial charge in [-0.15, -0.1) is 0 Å². The van der Waals surface area contributed by atoms with Gasteiger partial charge in [0.05, 0.1) is 20.3 Å². The number of hydrogen-bond acceptors (Lipinski definition) is 5. The highest BCUT2D eigenvalue weighted by molar-refractivity contribution is 5.91. The van der Waals surface area contributed by atoms with Crippen LogP contribution in [-0.4, -0.2) is 30.6 Å². The SMILES string of the molecule is COc1ccc(COCc2cccc(NC(=O)NCCC(=O)Nc3ccc(C)cn3)c2)cc1. The number of carbonyl (C=O) groups excluding carboxylic acids is 2. The number of nitrogens with one attached hydrogen (secondary N) is 3. The molecule has 0 radical (unpaired) electrons. The second-order valence-electron chi connectivity index (χ2n) is 7.44. The van der Waals surface area contributed by atoms with Gasteiger partial charge in [-0.2, -0.15) is 0 Å². The Morgan fingerprint density at radius 1 is 0.939 bits per heavy atom. The molecule has 8 heteroatoms. The van der Waals surface area contributed by atoms with Gasteiger partial charge in [-0.1, -0.05) is 30.3 Å². The monoisotopic (exact) mass is 448 g/mol. The van der Waals surface area contributed by atoms with E-state index >= 15 is 0 Å². The third-order valence-electron chi connectivity index (χ3n) is 4.70. The minimum atomic E-state index is -0.382. The quantitative estimate of drug-likeness (QED) is 0.430. The van der Waals surface area contributed by atoms with E-state index in [-0.39, 0.29) is 24.9 Å². The lowest BCUT2D eigenvalue weighted by Crippen LogP contribution is -2.31. The average molecular weight is 449 g/mol. The zero-order valence-corrected chi connectivity index (χ0v) is 18.8. The topological polar surface area (TPSA) is 102 Å². The maximum atomic E-state index is 12.1. The molecule has 3 aromatic rings. The molecule has 0 atom stereocenters. The van der Waals surface area contributed by atoms with Gasteiger partial charge in [-0.3, -0.25) is 4.79 Å². The van der Waals surface area contributed by atoms with Gasteiger partial charge in [-0.05, 0) is 53.9 Å². The van der Waals surface area contributed by atoms with E-state index in [4.69, 9.17) is 9.47 Å². The molecule has 3 rings (SSSR count). The minimum Gasteiger partial charge on any atom is -0.497 e. The van der Waals surface area contributed by atoms with Crippen LogP contribution in [0.1, 0.15) is 23.1 Å². The third kappa shape index (κ3) is 8.27. The number of aryl methyl sites for hydroxylation is 1. The molecule has 1 heterocycles. The summed E-state index contributed by atoms with van der Waals surface area (Å²) in [5.41, 5.74) is 3.64. The van der Waals surface area contributed by atoms with Crippen LogP contribution in [0, 0.1) is 6.92 Å². The van der Waals surface area contributed by atoms with Crippen molar-refractivity contribution in [1.29, 1.82) is 0 Å². The van der Waals surface area contributed by atoms with E-state index < -0.39 is 0 Å². The number of amides is 3. The van der Waals surface area contributed by atoms with Crippen LogP contribution in [0.25, 0.3) is 0 Å². The number of carbonyl (C=O) groups is 2. The molecule has 0 aliphatic carbocycles. The van der Waals surface area contributed by atoms with Gasteiger partial charge in [0.25, 0.3) is 0 Å². The number of aromatic nitrogens is 1. The molecule has 0 saturated heterocycles. The van der Waals surface area contributed by atoms with Crippen LogP contribution < -0.4 is 20.7 Å². The Morgan fingerprint density at radius 3 is 2.45 bits per heavy atom. The number of urea groups is 1. The fourth-order valence-electron chi connectivity index (χ4n) is 2.96. The Morgan fingerprint density at radius 2 is 1.73 bits per heavy atom. The van der Waals surface area contributed by atoms with Crippen molar-refractivity contribution in [2.24, 2.45) is 0 Å². The van der Waals surface area contributed by atoms with Crippen LogP contribution in [0.3, 0.4) is 0 Å². The number of anilines is 2. The summed E-state index contributed by atoms with van der Waals surface area (Å²) in [5.74, 6) is 1.07. The van der Waals surface area contributed by atoms with Crippen LogP contribution in [-0.2, 0) is 22.7 Å². The second kappa shape index (κ2) is 12.2.